The Morgan fingerprint density at radius 3 is 2.16 bits per heavy atom. The van der Waals surface area contributed by atoms with Gasteiger partial charge in [-0.05, 0) is 59.6 Å². The molecule has 4 aromatic carbocycles. The summed E-state index contributed by atoms with van der Waals surface area (Å²) in [6.45, 7) is 0.719. The highest BCUT2D eigenvalue weighted by Gasteiger charge is 2.31. The third kappa shape index (κ3) is 7.55. The Morgan fingerprint density at radius 1 is 0.865 bits per heavy atom. The minimum Gasteiger partial charge on any atom is -0.755 e. The summed E-state index contributed by atoms with van der Waals surface area (Å²) in [4.78, 5) is 2.05. The molecular weight excluding hydrogens is 501 g/mol. The van der Waals surface area contributed by atoms with Crippen molar-refractivity contribution in [3.63, 3.8) is 0 Å². The lowest BCUT2D eigenvalue weighted by Gasteiger charge is -2.35. The number of ether oxygens (including phenoxy) is 1. The number of hydrogen-bond acceptors (Lipinski definition) is 4. The van der Waals surface area contributed by atoms with E-state index in [1.54, 1.807) is 18.2 Å². The van der Waals surface area contributed by atoms with E-state index >= 15 is 0 Å². The maximum atomic E-state index is 12.5. The third-order valence-corrected chi connectivity index (χ3v) is 6.82. The van der Waals surface area contributed by atoms with Crippen molar-refractivity contribution < 1.29 is 26.7 Å². The molecule has 2 unspecified atom stereocenters. The van der Waals surface area contributed by atoms with Gasteiger partial charge in [0, 0.05) is 36.1 Å². The van der Waals surface area contributed by atoms with Gasteiger partial charge in [-0.15, -0.1) is 13.2 Å². The zero-order valence-corrected chi connectivity index (χ0v) is 20.9. The zero-order chi connectivity index (χ0) is 26.4. The molecule has 2 atom stereocenters. The summed E-state index contributed by atoms with van der Waals surface area (Å²) >= 11 is -2.54. The summed E-state index contributed by atoms with van der Waals surface area (Å²) in [5.41, 5.74) is 2.36. The molecule has 0 heterocycles. The standard InChI is InChI=1S/C28H27F3N2O3S/c1-32(19-22-7-3-2-4-8-22)26(17-21-11-15-27(16-12-21)36-28(29,30)31)20-33(37(34)35)25-14-13-23-9-5-6-10-24(23)18-25/h2-16,18,26H,17,19-20H2,1H3,(H,34,35)/p-1. The van der Waals surface area contributed by atoms with Crippen molar-refractivity contribution in [1.29, 1.82) is 0 Å². The molecule has 0 radical (unpaired) electrons. The van der Waals surface area contributed by atoms with Gasteiger partial charge in [0.05, 0.1) is 0 Å². The van der Waals surface area contributed by atoms with Gasteiger partial charge in [0.25, 0.3) is 0 Å². The van der Waals surface area contributed by atoms with Gasteiger partial charge >= 0.3 is 6.36 Å². The third-order valence-electron chi connectivity index (χ3n) is 6.10. The summed E-state index contributed by atoms with van der Waals surface area (Å²) < 4.78 is 67.7. The molecule has 0 N–H and O–H groups in total. The number of halogens is 3. The van der Waals surface area contributed by atoms with E-state index in [1.165, 1.54) is 16.4 Å². The van der Waals surface area contributed by atoms with E-state index in [1.807, 2.05) is 73.8 Å². The quantitative estimate of drug-likeness (QED) is 0.235. The highest BCUT2D eigenvalue weighted by molar-refractivity contribution is 7.80. The number of fused-ring (bicyclic) bond motifs is 1. The van der Waals surface area contributed by atoms with Crippen LogP contribution in [-0.2, 0) is 24.2 Å². The Bertz CT molecular complexity index is 1330. The molecule has 4 aromatic rings. The lowest BCUT2D eigenvalue weighted by molar-refractivity contribution is -0.274. The molecule has 0 aliphatic heterocycles. The molecule has 194 valence electrons. The monoisotopic (exact) mass is 527 g/mol. The fourth-order valence-corrected chi connectivity index (χ4v) is 4.81. The number of alkyl halides is 3. The Hall–Kier alpha value is -3.40. The first-order valence-electron chi connectivity index (χ1n) is 11.6. The van der Waals surface area contributed by atoms with Crippen LogP contribution in [0, 0.1) is 0 Å². The molecule has 0 aliphatic rings. The second kappa shape index (κ2) is 11.8. The average molecular weight is 528 g/mol. The van der Waals surface area contributed by atoms with Crippen molar-refractivity contribution in [2.75, 3.05) is 17.9 Å². The van der Waals surface area contributed by atoms with Gasteiger partial charge in [0.15, 0.2) is 0 Å². The van der Waals surface area contributed by atoms with E-state index in [4.69, 9.17) is 0 Å². The minimum absolute atomic E-state index is 0.151. The second-order valence-electron chi connectivity index (χ2n) is 8.76. The van der Waals surface area contributed by atoms with E-state index in [-0.39, 0.29) is 18.3 Å². The van der Waals surface area contributed by atoms with Crippen molar-refractivity contribution >= 4 is 27.7 Å². The van der Waals surface area contributed by atoms with Crippen LogP contribution in [0.4, 0.5) is 18.9 Å². The van der Waals surface area contributed by atoms with Crippen LogP contribution < -0.4 is 9.04 Å². The van der Waals surface area contributed by atoms with E-state index in [0.717, 1.165) is 21.9 Å². The smallest absolute Gasteiger partial charge is 0.573 e. The SMILES string of the molecule is CN(Cc1ccccc1)C(Cc1ccc(OC(F)(F)F)cc1)CN(c1ccc2ccccc2c1)S(=O)[O-]. The molecule has 0 bridgehead atoms. The number of benzene rings is 4. The summed E-state index contributed by atoms with van der Waals surface area (Å²) in [6, 6.07) is 28.4. The summed E-state index contributed by atoms with van der Waals surface area (Å²) in [6.07, 6.45) is -4.35. The molecule has 0 saturated carbocycles. The van der Waals surface area contributed by atoms with Crippen molar-refractivity contribution in [2.45, 2.75) is 25.4 Å². The van der Waals surface area contributed by atoms with Gasteiger partial charge in [-0.25, -0.2) is 0 Å². The van der Waals surface area contributed by atoms with Gasteiger partial charge in [0.1, 0.15) is 5.75 Å². The highest BCUT2D eigenvalue weighted by Crippen LogP contribution is 2.26. The molecule has 0 spiro atoms. The highest BCUT2D eigenvalue weighted by atomic mass is 32.2. The average Bonchev–Trinajstić information content (AvgIpc) is 2.86. The van der Waals surface area contributed by atoms with Gasteiger partial charge < -0.3 is 13.6 Å². The predicted octanol–water partition coefficient (Wildman–Crippen LogP) is 6.08. The van der Waals surface area contributed by atoms with Crippen molar-refractivity contribution in [1.82, 2.24) is 4.90 Å². The van der Waals surface area contributed by atoms with E-state index < -0.39 is 17.6 Å². The van der Waals surface area contributed by atoms with Crippen LogP contribution >= 0.6 is 0 Å². The molecule has 0 saturated heterocycles. The summed E-state index contributed by atoms with van der Waals surface area (Å²) in [5, 5.41) is 1.92. The van der Waals surface area contributed by atoms with Crippen molar-refractivity contribution in [2.24, 2.45) is 0 Å². The largest absolute Gasteiger partial charge is 0.755 e. The van der Waals surface area contributed by atoms with Crippen LogP contribution in [0.5, 0.6) is 5.75 Å². The molecule has 9 heteroatoms. The Balaban J connectivity index is 1.60. The number of nitrogens with zero attached hydrogens (tertiary/aromatic N) is 2. The Kier molecular flexibility index (Phi) is 8.48. The van der Waals surface area contributed by atoms with Crippen molar-refractivity contribution in [3.05, 3.63) is 108 Å². The first kappa shape index (κ1) is 26.7. The number of hydrogen-bond donors (Lipinski definition) is 0. The van der Waals surface area contributed by atoms with Gasteiger partial charge in [-0.2, -0.15) is 0 Å². The minimum atomic E-state index is -4.77. The Morgan fingerprint density at radius 2 is 1.51 bits per heavy atom. The molecule has 0 fully saturated rings. The number of anilines is 1. The molecular formula is C28H26F3N2O3S-. The fraction of sp³-hybridized carbons (Fsp3) is 0.214. The van der Waals surface area contributed by atoms with E-state index in [2.05, 4.69) is 9.64 Å². The van der Waals surface area contributed by atoms with Crippen LogP contribution in [0.25, 0.3) is 10.8 Å². The molecule has 4 rings (SSSR count). The zero-order valence-electron chi connectivity index (χ0n) is 20.1. The number of rotatable bonds is 10. The van der Waals surface area contributed by atoms with Gasteiger partial charge in [-0.3, -0.25) is 9.11 Å². The van der Waals surface area contributed by atoms with Gasteiger partial charge in [0.2, 0.25) is 0 Å². The van der Waals surface area contributed by atoms with Crippen LogP contribution in [0.2, 0.25) is 0 Å². The lowest BCUT2D eigenvalue weighted by atomic mass is 10.0. The van der Waals surface area contributed by atoms with E-state index in [9.17, 15) is 21.9 Å². The molecule has 5 nitrogen and oxygen atoms in total. The first-order valence-corrected chi connectivity index (χ1v) is 12.7. The number of likely N-dealkylation sites (N-methyl/N-ethyl adjacent to an activating group) is 1. The van der Waals surface area contributed by atoms with Crippen LogP contribution in [0.15, 0.2) is 97.1 Å². The van der Waals surface area contributed by atoms with Crippen LogP contribution in [0.1, 0.15) is 11.1 Å². The normalized spacial score (nSPS) is 13.5. The molecule has 0 aliphatic carbocycles. The summed E-state index contributed by atoms with van der Waals surface area (Å²) in [7, 11) is 1.91. The van der Waals surface area contributed by atoms with Crippen molar-refractivity contribution in [3.8, 4) is 5.75 Å². The fourth-order valence-electron chi connectivity index (χ4n) is 4.24. The first-order chi connectivity index (χ1) is 17.7. The molecule has 0 aromatic heterocycles. The summed E-state index contributed by atoms with van der Waals surface area (Å²) in [5.74, 6) is -0.302. The Labute approximate surface area is 216 Å². The van der Waals surface area contributed by atoms with Gasteiger partial charge in [-0.1, -0.05) is 72.8 Å². The van der Waals surface area contributed by atoms with E-state index in [0.29, 0.717) is 18.7 Å². The molecule has 37 heavy (non-hydrogen) atoms. The maximum Gasteiger partial charge on any atom is 0.573 e. The lowest BCUT2D eigenvalue weighted by Crippen LogP contribution is -2.44. The predicted molar refractivity (Wildman–Crippen MR) is 139 cm³/mol. The topological polar surface area (TPSA) is 55.8 Å². The van der Waals surface area contributed by atoms with Crippen LogP contribution in [0.3, 0.4) is 0 Å². The van der Waals surface area contributed by atoms with Crippen LogP contribution in [-0.4, -0.2) is 39.7 Å². The maximum absolute atomic E-state index is 12.5. The molecule has 0 amide bonds. The second-order valence-corrected chi connectivity index (χ2v) is 9.64.